The van der Waals surface area contributed by atoms with E-state index in [1.165, 1.54) is 38.9 Å². The van der Waals surface area contributed by atoms with Crippen molar-refractivity contribution in [3.05, 3.63) is 23.3 Å². The third kappa shape index (κ3) is 3.18. The van der Waals surface area contributed by atoms with Crippen LogP contribution in [0.25, 0.3) is 0 Å². The summed E-state index contributed by atoms with van der Waals surface area (Å²) in [6, 6.07) is 0. The van der Waals surface area contributed by atoms with Crippen molar-refractivity contribution in [3.8, 4) is 0 Å². The van der Waals surface area contributed by atoms with Gasteiger partial charge in [0.25, 0.3) is 0 Å². The minimum Gasteiger partial charge on any atom is -0.469 e. The molecule has 0 heterocycles. The normalized spacial score (nSPS) is 41.8. The van der Waals surface area contributed by atoms with Crippen LogP contribution in [0.4, 0.5) is 0 Å². The summed E-state index contributed by atoms with van der Waals surface area (Å²) in [5.41, 5.74) is 3.46. The van der Waals surface area contributed by atoms with Gasteiger partial charge in [0.2, 0.25) is 0 Å². The molecule has 0 aromatic rings. The fourth-order valence-electron chi connectivity index (χ4n) is 7.52. The van der Waals surface area contributed by atoms with E-state index >= 15 is 0 Å². The molecule has 4 nitrogen and oxygen atoms in total. The number of allylic oxidation sites excluding steroid dienone is 3. The molecule has 0 saturated heterocycles. The maximum absolute atomic E-state index is 12.3. The first-order valence-electron chi connectivity index (χ1n) is 11.4. The summed E-state index contributed by atoms with van der Waals surface area (Å²) >= 11 is 0. The van der Waals surface area contributed by atoms with Gasteiger partial charge in [-0.25, -0.2) is 0 Å². The van der Waals surface area contributed by atoms with E-state index in [4.69, 9.17) is 9.47 Å². The molecule has 3 fully saturated rings. The molecule has 7 atom stereocenters. The third-order valence-corrected chi connectivity index (χ3v) is 9.11. The molecular weight excluding hydrogens is 364 g/mol. The molecule has 0 aromatic heterocycles. The molecule has 0 N–H and O–H groups in total. The highest BCUT2D eigenvalue weighted by atomic mass is 16.5. The second-order valence-electron chi connectivity index (χ2n) is 10.4. The monoisotopic (exact) mass is 400 g/mol. The molecule has 7 unspecified atom stereocenters. The number of rotatable bonds is 3. The lowest BCUT2D eigenvalue weighted by molar-refractivity contribution is -0.148. The fraction of sp³-hybridized carbons (Fsp3) is 0.760. The third-order valence-electron chi connectivity index (χ3n) is 9.11. The number of esters is 2. The van der Waals surface area contributed by atoms with Gasteiger partial charge in [-0.2, -0.15) is 0 Å². The standard InChI is InChI=1S/C25H36O4/c1-15(23(27)28-5)20-8-9-21-19-7-6-17-14-18(29-16(2)26)10-12-24(17,3)22(19)11-13-25(20,21)4/h6-7,15,18,20-22H,8-14H2,1-5H3. The van der Waals surface area contributed by atoms with E-state index in [1.807, 2.05) is 0 Å². The molecule has 0 bridgehead atoms. The minimum atomic E-state index is -0.170. The zero-order valence-electron chi connectivity index (χ0n) is 18.6. The summed E-state index contributed by atoms with van der Waals surface area (Å²) < 4.78 is 10.6. The number of ether oxygens (including phenoxy) is 2. The average molecular weight is 401 g/mol. The van der Waals surface area contributed by atoms with Gasteiger partial charge in [0.1, 0.15) is 6.10 Å². The van der Waals surface area contributed by atoms with Gasteiger partial charge in [-0.05, 0) is 67.1 Å². The fourth-order valence-corrected chi connectivity index (χ4v) is 7.52. The lowest BCUT2D eigenvalue weighted by Crippen LogP contribution is -2.47. The van der Waals surface area contributed by atoms with Crippen LogP contribution in [0, 0.1) is 34.5 Å². The second kappa shape index (κ2) is 7.28. The molecule has 29 heavy (non-hydrogen) atoms. The molecule has 0 radical (unpaired) electrons. The quantitative estimate of drug-likeness (QED) is 0.609. The predicted octanol–water partition coefficient (Wildman–Crippen LogP) is 5.23. The molecule has 0 aromatic carbocycles. The summed E-state index contributed by atoms with van der Waals surface area (Å²) in [4.78, 5) is 23.7. The Hall–Kier alpha value is -1.58. The van der Waals surface area contributed by atoms with Gasteiger partial charge in [0, 0.05) is 13.3 Å². The number of carbonyl (C=O) groups is 2. The maximum Gasteiger partial charge on any atom is 0.308 e. The minimum absolute atomic E-state index is 0.0309. The molecule has 4 aliphatic carbocycles. The van der Waals surface area contributed by atoms with E-state index in [0.29, 0.717) is 17.8 Å². The molecule has 0 amide bonds. The van der Waals surface area contributed by atoms with Crippen molar-refractivity contribution in [3.63, 3.8) is 0 Å². The Morgan fingerprint density at radius 1 is 1.07 bits per heavy atom. The topological polar surface area (TPSA) is 52.6 Å². The van der Waals surface area contributed by atoms with Crippen LogP contribution >= 0.6 is 0 Å². The Kier molecular flexibility index (Phi) is 5.19. The van der Waals surface area contributed by atoms with E-state index in [-0.39, 0.29) is 34.8 Å². The van der Waals surface area contributed by atoms with Crippen molar-refractivity contribution >= 4 is 11.9 Å². The van der Waals surface area contributed by atoms with Crippen molar-refractivity contribution in [1.82, 2.24) is 0 Å². The van der Waals surface area contributed by atoms with Crippen LogP contribution in [0.2, 0.25) is 0 Å². The van der Waals surface area contributed by atoms with Crippen molar-refractivity contribution in [2.75, 3.05) is 7.11 Å². The van der Waals surface area contributed by atoms with E-state index in [0.717, 1.165) is 25.7 Å². The maximum atomic E-state index is 12.3. The van der Waals surface area contributed by atoms with Gasteiger partial charge in [-0.15, -0.1) is 0 Å². The number of fused-ring (bicyclic) bond motifs is 5. The van der Waals surface area contributed by atoms with Crippen molar-refractivity contribution in [2.24, 2.45) is 34.5 Å². The summed E-state index contributed by atoms with van der Waals surface area (Å²) in [5.74, 6) is 1.30. The van der Waals surface area contributed by atoms with Gasteiger partial charge in [-0.3, -0.25) is 9.59 Å². The Morgan fingerprint density at radius 2 is 1.83 bits per heavy atom. The first kappa shape index (κ1) is 20.7. The second-order valence-corrected chi connectivity index (χ2v) is 10.4. The number of hydrogen-bond acceptors (Lipinski definition) is 4. The zero-order valence-corrected chi connectivity index (χ0v) is 18.6. The molecule has 3 saturated carbocycles. The lowest BCUT2D eigenvalue weighted by atomic mass is 9.50. The summed E-state index contributed by atoms with van der Waals surface area (Å²) in [7, 11) is 1.51. The van der Waals surface area contributed by atoms with E-state index in [2.05, 4.69) is 32.9 Å². The van der Waals surface area contributed by atoms with Gasteiger partial charge >= 0.3 is 11.9 Å². The largest absolute Gasteiger partial charge is 0.469 e. The van der Waals surface area contributed by atoms with Gasteiger partial charge in [-0.1, -0.05) is 44.1 Å². The van der Waals surface area contributed by atoms with Crippen molar-refractivity contribution in [1.29, 1.82) is 0 Å². The highest BCUT2D eigenvalue weighted by Gasteiger charge is 2.57. The summed E-state index contributed by atoms with van der Waals surface area (Å²) in [5, 5.41) is 0. The van der Waals surface area contributed by atoms with Crippen LogP contribution in [0.3, 0.4) is 0 Å². The SMILES string of the molecule is COC(=O)C(C)C1CCC2C3=CC=C4CC(OC(C)=O)CCC4(C)C3CCC21C. The first-order valence-corrected chi connectivity index (χ1v) is 11.4. The Bertz CT molecular complexity index is 765. The first-order chi connectivity index (χ1) is 13.7. The highest BCUT2D eigenvalue weighted by Crippen LogP contribution is 2.66. The number of methoxy groups -OCH3 is 1. The highest BCUT2D eigenvalue weighted by molar-refractivity contribution is 5.72. The molecule has 0 spiro atoms. The average Bonchev–Trinajstić information content (AvgIpc) is 3.03. The summed E-state index contributed by atoms with van der Waals surface area (Å²) in [6.07, 6.45) is 12.4. The Balaban J connectivity index is 1.60. The summed E-state index contributed by atoms with van der Waals surface area (Å²) in [6.45, 7) is 8.42. The van der Waals surface area contributed by atoms with E-state index < -0.39 is 0 Å². The Labute approximate surface area is 175 Å². The smallest absolute Gasteiger partial charge is 0.308 e. The number of carbonyl (C=O) groups excluding carboxylic acids is 2. The Morgan fingerprint density at radius 3 is 2.52 bits per heavy atom. The van der Waals surface area contributed by atoms with Crippen LogP contribution < -0.4 is 0 Å². The zero-order chi connectivity index (χ0) is 21.0. The van der Waals surface area contributed by atoms with E-state index in [9.17, 15) is 9.59 Å². The van der Waals surface area contributed by atoms with Crippen LogP contribution in [-0.2, 0) is 19.1 Å². The lowest BCUT2D eigenvalue weighted by Gasteiger charge is -2.55. The molecular formula is C25H36O4. The van der Waals surface area contributed by atoms with Crippen molar-refractivity contribution < 1.29 is 19.1 Å². The molecule has 160 valence electrons. The van der Waals surface area contributed by atoms with Gasteiger partial charge in [0.05, 0.1) is 13.0 Å². The van der Waals surface area contributed by atoms with E-state index in [1.54, 1.807) is 5.57 Å². The van der Waals surface area contributed by atoms with Gasteiger partial charge in [0.15, 0.2) is 0 Å². The molecule has 4 rings (SSSR count). The number of hydrogen-bond donors (Lipinski definition) is 0. The van der Waals surface area contributed by atoms with Crippen LogP contribution in [0.5, 0.6) is 0 Å². The molecule has 0 aliphatic heterocycles. The van der Waals surface area contributed by atoms with Crippen LogP contribution in [0.15, 0.2) is 23.3 Å². The van der Waals surface area contributed by atoms with Crippen molar-refractivity contribution in [2.45, 2.75) is 78.7 Å². The molecule has 4 aliphatic rings. The molecule has 4 heteroatoms. The predicted molar refractivity (Wildman–Crippen MR) is 112 cm³/mol. The van der Waals surface area contributed by atoms with Crippen LogP contribution in [0.1, 0.15) is 72.6 Å². The van der Waals surface area contributed by atoms with Gasteiger partial charge < -0.3 is 9.47 Å². The van der Waals surface area contributed by atoms with Crippen LogP contribution in [-0.4, -0.2) is 25.2 Å².